The molecular formula is C17H19BrO2. The van der Waals surface area contributed by atoms with E-state index in [1.807, 2.05) is 13.2 Å². The summed E-state index contributed by atoms with van der Waals surface area (Å²) in [6, 6.07) is 6.18. The minimum Gasteiger partial charge on any atom is -0.381 e. The van der Waals surface area contributed by atoms with Crippen LogP contribution >= 0.6 is 15.9 Å². The summed E-state index contributed by atoms with van der Waals surface area (Å²) in [4.78, 5) is 13.0. The maximum atomic E-state index is 13.0. The highest BCUT2D eigenvalue weighted by atomic mass is 79.9. The van der Waals surface area contributed by atoms with Gasteiger partial charge in [0.05, 0.1) is 6.10 Å². The van der Waals surface area contributed by atoms with E-state index in [1.54, 1.807) is 0 Å². The van der Waals surface area contributed by atoms with Crippen LogP contribution in [-0.4, -0.2) is 19.0 Å². The predicted molar refractivity (Wildman–Crippen MR) is 80.9 cm³/mol. The zero-order chi connectivity index (χ0) is 14.0. The summed E-state index contributed by atoms with van der Waals surface area (Å²) in [7, 11) is 1.82. The number of ether oxygens (including phenoxy) is 1. The fourth-order valence-corrected chi connectivity index (χ4v) is 4.97. The van der Waals surface area contributed by atoms with E-state index in [0.29, 0.717) is 17.3 Å². The minimum absolute atomic E-state index is 0.130. The van der Waals surface area contributed by atoms with Crippen LogP contribution in [0.25, 0.3) is 0 Å². The van der Waals surface area contributed by atoms with E-state index in [4.69, 9.17) is 4.74 Å². The number of rotatable bonds is 1. The van der Waals surface area contributed by atoms with Gasteiger partial charge in [0.2, 0.25) is 0 Å². The van der Waals surface area contributed by atoms with Crippen molar-refractivity contribution in [3.8, 4) is 0 Å². The highest BCUT2D eigenvalue weighted by Gasteiger charge is 2.60. The van der Waals surface area contributed by atoms with Gasteiger partial charge in [-0.1, -0.05) is 22.0 Å². The summed E-state index contributed by atoms with van der Waals surface area (Å²) in [6.45, 7) is 0. The lowest BCUT2D eigenvalue weighted by atomic mass is 9.64. The van der Waals surface area contributed by atoms with Gasteiger partial charge in [-0.2, -0.15) is 0 Å². The van der Waals surface area contributed by atoms with E-state index in [2.05, 4.69) is 28.1 Å². The third-order valence-corrected chi connectivity index (χ3v) is 6.26. The van der Waals surface area contributed by atoms with Crippen molar-refractivity contribution in [2.75, 3.05) is 7.11 Å². The Hall–Kier alpha value is -0.670. The number of hydrogen-bond donors (Lipinski definition) is 0. The zero-order valence-electron chi connectivity index (χ0n) is 11.7. The van der Waals surface area contributed by atoms with Gasteiger partial charge >= 0.3 is 0 Å². The van der Waals surface area contributed by atoms with Gasteiger partial charge in [-0.15, -0.1) is 0 Å². The first-order valence-electron chi connectivity index (χ1n) is 7.45. The molecule has 106 valence electrons. The molecule has 0 bridgehead atoms. The van der Waals surface area contributed by atoms with Crippen LogP contribution < -0.4 is 0 Å². The van der Waals surface area contributed by atoms with Gasteiger partial charge in [-0.25, -0.2) is 0 Å². The Balaban J connectivity index is 1.69. The van der Waals surface area contributed by atoms with Crippen molar-refractivity contribution in [2.24, 2.45) is 10.8 Å². The molecule has 2 nitrogen and oxygen atoms in total. The van der Waals surface area contributed by atoms with Crippen molar-refractivity contribution >= 4 is 21.7 Å². The minimum atomic E-state index is -0.130. The molecule has 2 spiro atoms. The standard InChI is InChI=1S/C17H19BrO2/c1-20-14-4-5-17(10-16(14)6-7-16)9-11-2-3-12(18)8-13(11)15(17)19/h2-3,8,14H,4-7,9-10H2,1H3/t14-,17+/m1/s1. The molecule has 2 atom stereocenters. The van der Waals surface area contributed by atoms with E-state index in [9.17, 15) is 4.79 Å². The van der Waals surface area contributed by atoms with Gasteiger partial charge in [0.25, 0.3) is 0 Å². The number of benzene rings is 1. The summed E-state index contributed by atoms with van der Waals surface area (Å²) in [5.74, 6) is 0.384. The molecule has 0 amide bonds. The molecule has 0 heterocycles. The molecule has 0 aliphatic heterocycles. The molecule has 0 N–H and O–H groups in total. The largest absolute Gasteiger partial charge is 0.381 e. The summed E-state index contributed by atoms with van der Waals surface area (Å²) >= 11 is 3.49. The Labute approximate surface area is 128 Å². The van der Waals surface area contributed by atoms with Crippen molar-refractivity contribution in [1.82, 2.24) is 0 Å². The molecule has 3 heteroatoms. The van der Waals surface area contributed by atoms with Crippen molar-refractivity contribution in [3.05, 3.63) is 33.8 Å². The maximum Gasteiger partial charge on any atom is 0.169 e. The number of carbonyl (C=O) groups excluding carboxylic acids is 1. The van der Waals surface area contributed by atoms with Crippen LogP contribution in [0.5, 0.6) is 0 Å². The van der Waals surface area contributed by atoms with E-state index in [-0.39, 0.29) is 5.41 Å². The van der Waals surface area contributed by atoms with Crippen molar-refractivity contribution in [1.29, 1.82) is 0 Å². The van der Waals surface area contributed by atoms with Gasteiger partial charge < -0.3 is 4.74 Å². The monoisotopic (exact) mass is 334 g/mol. The number of fused-ring (bicyclic) bond motifs is 1. The summed E-state index contributed by atoms with van der Waals surface area (Å²) in [5, 5.41) is 0. The molecule has 0 radical (unpaired) electrons. The molecular weight excluding hydrogens is 316 g/mol. The predicted octanol–water partition coefficient (Wildman–Crippen LogP) is 4.15. The Morgan fingerprint density at radius 3 is 2.80 bits per heavy atom. The fourth-order valence-electron chi connectivity index (χ4n) is 4.61. The average molecular weight is 335 g/mol. The molecule has 4 rings (SSSR count). The molecule has 2 saturated carbocycles. The Morgan fingerprint density at radius 2 is 2.10 bits per heavy atom. The molecule has 3 aliphatic carbocycles. The lowest BCUT2D eigenvalue weighted by Crippen LogP contribution is -2.42. The second kappa shape index (κ2) is 4.17. The van der Waals surface area contributed by atoms with Crippen LogP contribution in [0.4, 0.5) is 0 Å². The lowest BCUT2D eigenvalue weighted by Gasteiger charge is -2.41. The SMILES string of the molecule is CO[C@@H]1CC[C@]2(Cc3ccc(Br)cc3C2=O)CC12CC2. The summed E-state index contributed by atoms with van der Waals surface area (Å²) in [5.41, 5.74) is 2.37. The van der Waals surface area contributed by atoms with Crippen molar-refractivity contribution in [2.45, 2.75) is 44.6 Å². The van der Waals surface area contributed by atoms with Gasteiger partial charge in [0.15, 0.2) is 5.78 Å². The highest BCUT2D eigenvalue weighted by Crippen LogP contribution is 2.64. The maximum absolute atomic E-state index is 13.0. The van der Waals surface area contributed by atoms with E-state index in [1.165, 1.54) is 18.4 Å². The first kappa shape index (κ1) is 13.0. The second-order valence-electron chi connectivity index (χ2n) is 6.89. The van der Waals surface area contributed by atoms with Gasteiger partial charge in [0.1, 0.15) is 0 Å². The van der Waals surface area contributed by atoms with Crippen LogP contribution in [0.1, 0.15) is 48.0 Å². The summed E-state index contributed by atoms with van der Waals surface area (Å²) < 4.78 is 6.69. The molecule has 2 fully saturated rings. The van der Waals surface area contributed by atoms with Gasteiger partial charge in [-0.3, -0.25) is 4.79 Å². The summed E-state index contributed by atoms with van der Waals surface area (Å²) in [6.07, 6.45) is 6.84. The third kappa shape index (κ3) is 1.69. The fraction of sp³-hybridized carbons (Fsp3) is 0.588. The second-order valence-corrected chi connectivity index (χ2v) is 7.81. The van der Waals surface area contributed by atoms with Gasteiger partial charge in [-0.05, 0) is 61.6 Å². The van der Waals surface area contributed by atoms with Crippen LogP contribution in [-0.2, 0) is 11.2 Å². The van der Waals surface area contributed by atoms with E-state index in [0.717, 1.165) is 35.7 Å². The van der Waals surface area contributed by atoms with E-state index < -0.39 is 0 Å². The van der Waals surface area contributed by atoms with Crippen LogP contribution in [0, 0.1) is 10.8 Å². The first-order valence-corrected chi connectivity index (χ1v) is 8.24. The zero-order valence-corrected chi connectivity index (χ0v) is 13.3. The quantitative estimate of drug-likeness (QED) is 0.771. The lowest BCUT2D eigenvalue weighted by molar-refractivity contribution is -0.0257. The smallest absolute Gasteiger partial charge is 0.169 e. The molecule has 1 aromatic carbocycles. The van der Waals surface area contributed by atoms with Gasteiger partial charge in [0, 0.05) is 22.6 Å². The number of carbonyl (C=O) groups is 1. The van der Waals surface area contributed by atoms with Crippen LogP contribution in [0.2, 0.25) is 0 Å². The van der Waals surface area contributed by atoms with Crippen molar-refractivity contribution < 1.29 is 9.53 Å². The topological polar surface area (TPSA) is 26.3 Å². The third-order valence-electron chi connectivity index (χ3n) is 5.76. The Kier molecular flexibility index (Phi) is 2.72. The molecule has 0 saturated heterocycles. The van der Waals surface area contributed by atoms with Crippen molar-refractivity contribution in [3.63, 3.8) is 0 Å². The Morgan fingerprint density at radius 1 is 1.30 bits per heavy atom. The molecule has 20 heavy (non-hydrogen) atoms. The molecule has 0 unspecified atom stereocenters. The molecule has 0 aromatic heterocycles. The molecule has 1 aromatic rings. The van der Waals surface area contributed by atoms with E-state index >= 15 is 0 Å². The Bertz CT molecular complexity index is 591. The first-order chi connectivity index (χ1) is 9.58. The van der Waals surface area contributed by atoms with Crippen LogP contribution in [0.3, 0.4) is 0 Å². The number of hydrogen-bond acceptors (Lipinski definition) is 2. The van der Waals surface area contributed by atoms with Crippen LogP contribution in [0.15, 0.2) is 22.7 Å². The number of Topliss-reactive ketones (excluding diaryl/α,β-unsaturated/α-hetero) is 1. The highest BCUT2D eigenvalue weighted by molar-refractivity contribution is 9.10. The molecule has 3 aliphatic rings. The average Bonchev–Trinajstić information content (AvgIpc) is 3.14. The number of halogens is 1. The number of methoxy groups -OCH3 is 1. The number of ketones is 1. The normalized spacial score (nSPS) is 33.7.